The fraction of sp³-hybridized carbons (Fsp3) is 0.333. The van der Waals surface area contributed by atoms with Gasteiger partial charge in [0, 0.05) is 13.1 Å². The van der Waals surface area contributed by atoms with Gasteiger partial charge in [-0.15, -0.1) is 0 Å². The zero-order chi connectivity index (χ0) is 20.6. The highest BCUT2D eigenvalue weighted by atomic mass is 32.2. The molecule has 2 aromatic rings. The van der Waals surface area contributed by atoms with Crippen LogP contribution in [0.1, 0.15) is 18.4 Å². The van der Waals surface area contributed by atoms with E-state index in [0.29, 0.717) is 6.07 Å². The minimum atomic E-state index is -4.65. The van der Waals surface area contributed by atoms with E-state index in [1.165, 1.54) is 12.1 Å². The van der Waals surface area contributed by atoms with E-state index in [9.17, 15) is 30.0 Å². The van der Waals surface area contributed by atoms with Crippen molar-refractivity contribution in [3.8, 4) is 0 Å². The lowest BCUT2D eigenvalue weighted by atomic mass is 10.2. The highest BCUT2D eigenvalue weighted by molar-refractivity contribution is 7.92. The molecule has 10 heteroatoms. The van der Waals surface area contributed by atoms with Crippen LogP contribution in [0.3, 0.4) is 0 Å². The molecule has 0 unspecified atom stereocenters. The van der Waals surface area contributed by atoms with Gasteiger partial charge < -0.3 is 0 Å². The van der Waals surface area contributed by atoms with E-state index in [4.69, 9.17) is 0 Å². The smallest absolute Gasteiger partial charge is 0.223 e. The van der Waals surface area contributed by atoms with E-state index in [-0.39, 0.29) is 30.8 Å². The fourth-order valence-electron chi connectivity index (χ4n) is 3.17. The number of sulfone groups is 1. The summed E-state index contributed by atoms with van der Waals surface area (Å²) in [7, 11) is -7.73. The second-order valence-corrected chi connectivity index (χ2v) is 10.7. The van der Waals surface area contributed by atoms with Crippen LogP contribution in [0, 0.1) is 0 Å². The van der Waals surface area contributed by atoms with Gasteiger partial charge in [0.25, 0.3) is 0 Å². The molecule has 0 atom stereocenters. The normalized spacial score (nSPS) is 17.5. The van der Waals surface area contributed by atoms with Crippen molar-refractivity contribution in [1.29, 1.82) is 0 Å². The Morgan fingerprint density at radius 3 is 1.96 bits per heavy atom. The first-order valence-corrected chi connectivity index (χ1v) is 11.5. The zero-order valence-corrected chi connectivity index (χ0v) is 16.3. The summed E-state index contributed by atoms with van der Waals surface area (Å²) in [4.78, 5) is -0.277. The van der Waals surface area contributed by atoms with E-state index in [1.807, 2.05) is 0 Å². The predicted octanol–water partition coefficient (Wildman–Crippen LogP) is 3.33. The maximum absolute atomic E-state index is 12.9. The molecule has 0 spiro atoms. The average molecular weight is 433 g/mol. The number of sulfonamides is 1. The van der Waals surface area contributed by atoms with Crippen LogP contribution in [-0.2, 0) is 26.0 Å². The number of rotatable bonds is 4. The molecule has 1 aliphatic rings. The fourth-order valence-corrected chi connectivity index (χ4v) is 6.44. The maximum Gasteiger partial charge on any atom is 0.416 e. The van der Waals surface area contributed by atoms with Crippen LogP contribution in [0.5, 0.6) is 0 Å². The van der Waals surface area contributed by atoms with Crippen molar-refractivity contribution in [1.82, 2.24) is 4.31 Å². The third kappa shape index (κ3) is 4.08. The molecule has 5 nitrogen and oxygen atoms in total. The van der Waals surface area contributed by atoms with Gasteiger partial charge in [0.2, 0.25) is 10.0 Å². The lowest BCUT2D eigenvalue weighted by molar-refractivity contribution is -0.137. The van der Waals surface area contributed by atoms with Gasteiger partial charge in [-0.2, -0.15) is 17.5 Å². The Labute approximate surface area is 161 Å². The number of benzene rings is 2. The van der Waals surface area contributed by atoms with E-state index in [2.05, 4.69) is 0 Å². The first-order chi connectivity index (χ1) is 13.0. The summed E-state index contributed by atoms with van der Waals surface area (Å²) in [6.45, 7) is -0.148. The maximum atomic E-state index is 12.9. The minimum Gasteiger partial charge on any atom is -0.223 e. The van der Waals surface area contributed by atoms with Crippen molar-refractivity contribution in [3.63, 3.8) is 0 Å². The second-order valence-electron chi connectivity index (χ2n) is 6.49. The highest BCUT2D eigenvalue weighted by Crippen LogP contribution is 2.32. The topological polar surface area (TPSA) is 71.5 Å². The summed E-state index contributed by atoms with van der Waals surface area (Å²) < 4.78 is 90.4. The van der Waals surface area contributed by atoms with Gasteiger partial charge in [-0.3, -0.25) is 0 Å². The number of hydrogen-bond acceptors (Lipinski definition) is 4. The van der Waals surface area contributed by atoms with Crippen LogP contribution in [-0.4, -0.2) is 39.5 Å². The summed E-state index contributed by atoms with van der Waals surface area (Å²) in [5.41, 5.74) is -1.05. The van der Waals surface area contributed by atoms with Crippen molar-refractivity contribution in [2.45, 2.75) is 34.1 Å². The molecule has 28 heavy (non-hydrogen) atoms. The molecule has 1 heterocycles. The lowest BCUT2D eigenvalue weighted by Gasteiger charge is -2.31. The van der Waals surface area contributed by atoms with Crippen molar-refractivity contribution in [2.24, 2.45) is 0 Å². The van der Waals surface area contributed by atoms with Gasteiger partial charge in [0.05, 0.1) is 20.6 Å². The molecule has 1 fully saturated rings. The molecule has 0 aromatic heterocycles. The molecule has 0 aliphatic carbocycles. The number of alkyl halides is 3. The van der Waals surface area contributed by atoms with E-state index in [0.717, 1.165) is 22.5 Å². The summed E-state index contributed by atoms with van der Waals surface area (Å²) in [6, 6.07) is 11.4. The van der Waals surface area contributed by atoms with Crippen LogP contribution in [0.2, 0.25) is 0 Å². The Balaban J connectivity index is 1.78. The lowest BCUT2D eigenvalue weighted by Crippen LogP contribution is -2.42. The van der Waals surface area contributed by atoms with Crippen LogP contribution in [0.25, 0.3) is 0 Å². The number of hydrogen-bond donors (Lipinski definition) is 0. The van der Waals surface area contributed by atoms with Gasteiger partial charge in [-0.05, 0) is 43.2 Å². The van der Waals surface area contributed by atoms with E-state index in [1.54, 1.807) is 18.2 Å². The van der Waals surface area contributed by atoms with Crippen molar-refractivity contribution in [2.75, 3.05) is 13.1 Å². The van der Waals surface area contributed by atoms with Crippen molar-refractivity contribution >= 4 is 19.9 Å². The van der Waals surface area contributed by atoms with E-state index >= 15 is 0 Å². The molecule has 1 aliphatic heterocycles. The largest absolute Gasteiger partial charge is 0.416 e. The number of halogens is 3. The Kier molecular flexibility index (Phi) is 5.57. The van der Waals surface area contributed by atoms with Crippen LogP contribution in [0.15, 0.2) is 64.4 Å². The third-order valence-electron chi connectivity index (χ3n) is 4.71. The van der Waals surface area contributed by atoms with Gasteiger partial charge in [0.15, 0.2) is 9.84 Å². The molecular weight excluding hydrogens is 415 g/mol. The first kappa shape index (κ1) is 20.8. The summed E-state index contributed by atoms with van der Waals surface area (Å²) in [5.74, 6) is 0. The predicted molar refractivity (Wildman–Crippen MR) is 96.9 cm³/mol. The third-order valence-corrected chi connectivity index (χ3v) is 8.88. The molecule has 1 saturated heterocycles. The minimum absolute atomic E-state index is 0.0741. The van der Waals surface area contributed by atoms with Crippen molar-refractivity contribution < 1.29 is 30.0 Å². The molecule has 0 saturated carbocycles. The monoisotopic (exact) mass is 433 g/mol. The number of nitrogens with zero attached hydrogens (tertiary/aromatic N) is 1. The molecule has 3 rings (SSSR count). The van der Waals surface area contributed by atoms with Crippen LogP contribution in [0.4, 0.5) is 13.2 Å². The SMILES string of the molecule is O=S(=O)(c1ccccc1)C1CCN(S(=O)(=O)c2cccc(C(F)(F)F)c2)CC1. The Morgan fingerprint density at radius 1 is 0.821 bits per heavy atom. The Hall–Kier alpha value is -1.91. The van der Waals surface area contributed by atoms with Gasteiger partial charge in [-0.25, -0.2) is 16.8 Å². The average Bonchev–Trinajstić information content (AvgIpc) is 2.68. The van der Waals surface area contributed by atoms with Crippen molar-refractivity contribution in [3.05, 3.63) is 60.2 Å². The van der Waals surface area contributed by atoms with Gasteiger partial charge in [0.1, 0.15) is 0 Å². The highest BCUT2D eigenvalue weighted by Gasteiger charge is 2.37. The number of piperidine rings is 1. The zero-order valence-electron chi connectivity index (χ0n) is 14.6. The van der Waals surface area contributed by atoms with Crippen LogP contribution < -0.4 is 0 Å². The summed E-state index contributed by atoms with van der Waals surface area (Å²) in [5, 5.41) is -0.733. The quantitative estimate of drug-likeness (QED) is 0.742. The Morgan fingerprint density at radius 2 is 1.39 bits per heavy atom. The Bertz CT molecular complexity index is 1040. The molecule has 152 valence electrons. The molecule has 0 amide bonds. The van der Waals surface area contributed by atoms with Gasteiger partial charge >= 0.3 is 6.18 Å². The standard InChI is InChI=1S/C18H18F3NO4S2/c19-18(20,21)14-5-4-8-17(13-14)28(25,26)22-11-9-16(10-12-22)27(23,24)15-6-2-1-3-7-15/h1-8,13,16H,9-12H2. The molecule has 0 radical (unpaired) electrons. The first-order valence-electron chi connectivity index (χ1n) is 8.49. The van der Waals surface area contributed by atoms with Crippen LogP contribution >= 0.6 is 0 Å². The molecule has 2 aromatic carbocycles. The van der Waals surface area contributed by atoms with Gasteiger partial charge in [-0.1, -0.05) is 24.3 Å². The molecule has 0 bridgehead atoms. The molecular formula is C18H18F3NO4S2. The summed E-state index contributed by atoms with van der Waals surface area (Å²) in [6.07, 6.45) is -4.49. The second kappa shape index (κ2) is 7.49. The summed E-state index contributed by atoms with van der Waals surface area (Å²) >= 11 is 0. The van der Waals surface area contributed by atoms with E-state index < -0.39 is 41.7 Å². The molecule has 0 N–H and O–H groups in total.